The predicted octanol–water partition coefficient (Wildman–Crippen LogP) is 1.59. The molecule has 0 aliphatic heterocycles. The lowest BCUT2D eigenvalue weighted by Gasteiger charge is -2.27. The molecule has 0 saturated heterocycles. The van der Waals surface area contributed by atoms with Crippen molar-refractivity contribution in [2.24, 2.45) is 5.73 Å². The minimum atomic E-state index is 0.451. The Labute approximate surface area is 84.9 Å². The molecule has 3 nitrogen and oxygen atoms in total. The van der Waals surface area contributed by atoms with Gasteiger partial charge in [-0.2, -0.15) is 0 Å². The third kappa shape index (κ3) is 2.16. The standard InChI is InChI=1S/C11H18N2O/c1-9(7-12)13(10-4-5-10)8-11-3-2-6-14-11/h2-3,6,9-10H,4-5,7-8,12H2,1H3. The average molecular weight is 194 g/mol. The van der Waals surface area contributed by atoms with Crippen LogP contribution >= 0.6 is 0 Å². The van der Waals surface area contributed by atoms with Crippen LogP contribution in [0.4, 0.5) is 0 Å². The fourth-order valence-electron chi connectivity index (χ4n) is 1.77. The smallest absolute Gasteiger partial charge is 0.117 e. The molecular formula is C11H18N2O. The van der Waals surface area contributed by atoms with Crippen LogP contribution in [0.2, 0.25) is 0 Å². The first kappa shape index (κ1) is 9.74. The largest absolute Gasteiger partial charge is 0.468 e. The van der Waals surface area contributed by atoms with Gasteiger partial charge in [-0.25, -0.2) is 0 Å². The van der Waals surface area contributed by atoms with Crippen molar-refractivity contribution in [2.75, 3.05) is 6.54 Å². The molecule has 1 aliphatic carbocycles. The number of nitrogens with zero attached hydrogens (tertiary/aromatic N) is 1. The topological polar surface area (TPSA) is 42.4 Å². The van der Waals surface area contributed by atoms with Gasteiger partial charge in [0.1, 0.15) is 5.76 Å². The lowest BCUT2D eigenvalue weighted by Crippen LogP contribution is -2.39. The summed E-state index contributed by atoms with van der Waals surface area (Å²) in [6, 6.07) is 5.15. The van der Waals surface area contributed by atoms with Gasteiger partial charge < -0.3 is 10.2 Å². The van der Waals surface area contributed by atoms with E-state index in [1.165, 1.54) is 12.8 Å². The molecule has 1 saturated carbocycles. The summed E-state index contributed by atoms with van der Waals surface area (Å²) in [5.41, 5.74) is 5.70. The van der Waals surface area contributed by atoms with Crippen molar-refractivity contribution in [3.63, 3.8) is 0 Å². The van der Waals surface area contributed by atoms with Gasteiger partial charge in [0.15, 0.2) is 0 Å². The molecule has 78 valence electrons. The van der Waals surface area contributed by atoms with Crippen molar-refractivity contribution in [1.29, 1.82) is 0 Å². The summed E-state index contributed by atoms with van der Waals surface area (Å²) in [6.45, 7) is 3.80. The molecule has 1 atom stereocenters. The molecule has 14 heavy (non-hydrogen) atoms. The Balaban J connectivity index is 1.97. The van der Waals surface area contributed by atoms with Crippen LogP contribution in [0.5, 0.6) is 0 Å². The van der Waals surface area contributed by atoms with Gasteiger partial charge in [0, 0.05) is 18.6 Å². The normalized spacial score (nSPS) is 18.8. The Bertz CT molecular complexity index is 267. The molecule has 1 unspecified atom stereocenters. The molecule has 0 radical (unpaired) electrons. The molecule has 1 fully saturated rings. The Hall–Kier alpha value is -0.800. The maximum atomic E-state index is 5.70. The summed E-state index contributed by atoms with van der Waals surface area (Å²) in [7, 11) is 0. The van der Waals surface area contributed by atoms with Crippen LogP contribution in [-0.4, -0.2) is 23.5 Å². The number of furan rings is 1. The lowest BCUT2D eigenvalue weighted by molar-refractivity contribution is 0.179. The monoisotopic (exact) mass is 194 g/mol. The SMILES string of the molecule is CC(CN)N(Cc1ccco1)C1CC1. The van der Waals surface area contributed by atoms with Crippen LogP contribution in [0, 0.1) is 0 Å². The number of nitrogens with two attached hydrogens (primary N) is 1. The van der Waals surface area contributed by atoms with E-state index in [1.54, 1.807) is 6.26 Å². The Morgan fingerprint density at radius 2 is 2.43 bits per heavy atom. The quantitative estimate of drug-likeness (QED) is 0.774. The van der Waals surface area contributed by atoms with E-state index in [9.17, 15) is 0 Å². The van der Waals surface area contributed by atoms with Crippen LogP contribution in [0.25, 0.3) is 0 Å². The van der Waals surface area contributed by atoms with Crippen molar-refractivity contribution >= 4 is 0 Å². The number of hydrogen-bond donors (Lipinski definition) is 1. The summed E-state index contributed by atoms with van der Waals surface area (Å²) in [5, 5.41) is 0. The first-order valence-electron chi connectivity index (χ1n) is 5.29. The highest BCUT2D eigenvalue weighted by molar-refractivity contribution is 5.00. The second kappa shape index (κ2) is 4.15. The van der Waals surface area contributed by atoms with Gasteiger partial charge in [-0.05, 0) is 31.9 Å². The Morgan fingerprint density at radius 1 is 1.64 bits per heavy atom. The van der Waals surface area contributed by atoms with E-state index in [0.717, 1.165) is 24.9 Å². The summed E-state index contributed by atoms with van der Waals surface area (Å²) in [4.78, 5) is 2.44. The van der Waals surface area contributed by atoms with Crippen LogP contribution < -0.4 is 5.73 Å². The fraction of sp³-hybridized carbons (Fsp3) is 0.636. The molecule has 2 N–H and O–H groups in total. The molecule has 0 spiro atoms. The molecule has 0 aromatic carbocycles. The van der Waals surface area contributed by atoms with E-state index < -0.39 is 0 Å². The van der Waals surface area contributed by atoms with E-state index in [2.05, 4.69) is 11.8 Å². The summed E-state index contributed by atoms with van der Waals surface area (Å²) >= 11 is 0. The van der Waals surface area contributed by atoms with E-state index >= 15 is 0 Å². The second-order valence-electron chi connectivity index (χ2n) is 4.07. The average Bonchev–Trinajstić information content (AvgIpc) is 2.92. The van der Waals surface area contributed by atoms with Crippen molar-refractivity contribution in [2.45, 2.75) is 38.4 Å². The maximum Gasteiger partial charge on any atom is 0.117 e. The van der Waals surface area contributed by atoms with Crippen molar-refractivity contribution in [3.8, 4) is 0 Å². The van der Waals surface area contributed by atoms with Gasteiger partial charge in [-0.1, -0.05) is 0 Å². The summed E-state index contributed by atoms with van der Waals surface area (Å²) in [6.07, 6.45) is 4.35. The number of hydrogen-bond acceptors (Lipinski definition) is 3. The summed E-state index contributed by atoms with van der Waals surface area (Å²) in [5.74, 6) is 1.04. The van der Waals surface area contributed by atoms with Crippen molar-refractivity contribution in [1.82, 2.24) is 4.90 Å². The zero-order chi connectivity index (χ0) is 9.97. The zero-order valence-electron chi connectivity index (χ0n) is 8.65. The van der Waals surface area contributed by atoms with Gasteiger partial charge in [0.25, 0.3) is 0 Å². The minimum Gasteiger partial charge on any atom is -0.468 e. The van der Waals surface area contributed by atoms with Crippen LogP contribution in [0.15, 0.2) is 22.8 Å². The van der Waals surface area contributed by atoms with E-state index in [4.69, 9.17) is 10.2 Å². The van der Waals surface area contributed by atoms with Crippen molar-refractivity contribution < 1.29 is 4.42 Å². The number of rotatable bonds is 5. The first-order valence-corrected chi connectivity index (χ1v) is 5.29. The molecule has 2 rings (SSSR count). The Morgan fingerprint density at radius 3 is 2.93 bits per heavy atom. The predicted molar refractivity (Wildman–Crippen MR) is 55.8 cm³/mol. The van der Waals surface area contributed by atoms with Gasteiger partial charge in [0.05, 0.1) is 12.8 Å². The fourth-order valence-corrected chi connectivity index (χ4v) is 1.77. The van der Waals surface area contributed by atoms with Gasteiger partial charge in [-0.3, -0.25) is 4.90 Å². The molecule has 0 amide bonds. The molecule has 1 aliphatic rings. The van der Waals surface area contributed by atoms with E-state index in [1.807, 2.05) is 12.1 Å². The second-order valence-corrected chi connectivity index (χ2v) is 4.07. The third-order valence-electron chi connectivity index (χ3n) is 2.84. The highest BCUT2D eigenvalue weighted by Crippen LogP contribution is 2.29. The molecule has 0 bridgehead atoms. The molecule has 1 aromatic rings. The highest BCUT2D eigenvalue weighted by atomic mass is 16.3. The highest BCUT2D eigenvalue weighted by Gasteiger charge is 2.31. The molecule has 3 heteroatoms. The van der Waals surface area contributed by atoms with Crippen molar-refractivity contribution in [3.05, 3.63) is 24.2 Å². The van der Waals surface area contributed by atoms with Gasteiger partial charge in [0.2, 0.25) is 0 Å². The molecule has 1 aromatic heterocycles. The van der Waals surface area contributed by atoms with E-state index in [-0.39, 0.29) is 0 Å². The van der Waals surface area contributed by atoms with Crippen LogP contribution in [0.1, 0.15) is 25.5 Å². The molecule has 1 heterocycles. The molecular weight excluding hydrogens is 176 g/mol. The summed E-state index contributed by atoms with van der Waals surface area (Å²) < 4.78 is 5.35. The van der Waals surface area contributed by atoms with Gasteiger partial charge in [-0.15, -0.1) is 0 Å². The van der Waals surface area contributed by atoms with Gasteiger partial charge >= 0.3 is 0 Å². The lowest BCUT2D eigenvalue weighted by atomic mass is 10.2. The van der Waals surface area contributed by atoms with E-state index in [0.29, 0.717) is 6.04 Å². The first-order chi connectivity index (χ1) is 6.81. The van der Waals surface area contributed by atoms with Crippen LogP contribution in [-0.2, 0) is 6.54 Å². The third-order valence-corrected chi connectivity index (χ3v) is 2.84. The maximum absolute atomic E-state index is 5.70. The Kier molecular flexibility index (Phi) is 2.89. The van der Waals surface area contributed by atoms with Crippen LogP contribution in [0.3, 0.4) is 0 Å². The zero-order valence-corrected chi connectivity index (χ0v) is 8.65. The minimum absolute atomic E-state index is 0.451.